The van der Waals surface area contributed by atoms with Crippen molar-refractivity contribution in [3.63, 3.8) is 0 Å². The molecule has 3 nitrogen and oxygen atoms in total. The van der Waals surface area contributed by atoms with Crippen molar-refractivity contribution in [1.82, 2.24) is 9.80 Å². The maximum absolute atomic E-state index is 6.46. The highest BCUT2D eigenvalue weighted by molar-refractivity contribution is 6.31. The van der Waals surface area contributed by atoms with Gasteiger partial charge in [-0.25, -0.2) is 0 Å². The van der Waals surface area contributed by atoms with E-state index in [0.29, 0.717) is 0 Å². The topological polar surface area (TPSA) is 32.5 Å². The zero-order valence-electron chi connectivity index (χ0n) is 13.6. The second-order valence-electron chi connectivity index (χ2n) is 6.74. The lowest BCUT2D eigenvalue weighted by atomic mass is 9.91. The third kappa shape index (κ3) is 3.59. The molecule has 1 heterocycles. The Hall–Kier alpha value is -0.610. The summed E-state index contributed by atoms with van der Waals surface area (Å²) in [5.41, 5.74) is 7.78. The summed E-state index contributed by atoms with van der Waals surface area (Å²) >= 11 is 6.45. The molecule has 0 aliphatic carbocycles. The van der Waals surface area contributed by atoms with Crippen molar-refractivity contribution in [2.45, 2.75) is 44.8 Å². The van der Waals surface area contributed by atoms with Gasteiger partial charge in [0.1, 0.15) is 0 Å². The third-order valence-electron chi connectivity index (χ3n) is 4.84. The number of hydrogen-bond acceptors (Lipinski definition) is 3. The molecule has 2 N–H and O–H groups in total. The van der Waals surface area contributed by atoms with Gasteiger partial charge in [-0.3, -0.25) is 9.80 Å². The second-order valence-corrected chi connectivity index (χ2v) is 7.15. The molecule has 1 aromatic carbocycles. The summed E-state index contributed by atoms with van der Waals surface area (Å²) in [7, 11) is 2.20. The highest BCUT2D eigenvalue weighted by atomic mass is 35.5. The molecular formula is C17H28ClN3. The molecule has 0 saturated carbocycles. The Balaban J connectivity index is 2.32. The van der Waals surface area contributed by atoms with E-state index in [2.05, 4.69) is 49.8 Å². The summed E-state index contributed by atoms with van der Waals surface area (Å²) in [5, 5.41) is 0.822. The van der Waals surface area contributed by atoms with Gasteiger partial charge in [-0.05, 0) is 38.9 Å². The average molecular weight is 310 g/mol. The molecule has 0 spiro atoms. The number of rotatable bonds is 4. The Labute approximate surface area is 134 Å². The number of nitrogens with two attached hydrogens (primary N) is 1. The number of hydrogen-bond donors (Lipinski definition) is 1. The van der Waals surface area contributed by atoms with Gasteiger partial charge in [-0.2, -0.15) is 0 Å². The van der Waals surface area contributed by atoms with Gasteiger partial charge in [-0.15, -0.1) is 0 Å². The molecule has 0 bridgehead atoms. The fraction of sp³-hybridized carbons (Fsp3) is 0.647. The number of likely N-dealkylation sites (N-methyl/N-ethyl adjacent to an activating group) is 1. The van der Waals surface area contributed by atoms with Crippen molar-refractivity contribution in [2.24, 2.45) is 5.73 Å². The Morgan fingerprint density at radius 3 is 2.52 bits per heavy atom. The summed E-state index contributed by atoms with van der Waals surface area (Å²) in [4.78, 5) is 4.93. The van der Waals surface area contributed by atoms with Gasteiger partial charge in [0.05, 0.1) is 6.04 Å². The largest absolute Gasteiger partial charge is 0.326 e. The number of nitrogens with zero attached hydrogens (tertiary/aromatic N) is 2. The van der Waals surface area contributed by atoms with E-state index < -0.39 is 0 Å². The molecule has 118 valence electrons. The molecule has 1 fully saturated rings. The van der Waals surface area contributed by atoms with Gasteiger partial charge in [-0.1, -0.05) is 36.7 Å². The highest BCUT2D eigenvalue weighted by Gasteiger charge is 2.36. The van der Waals surface area contributed by atoms with E-state index in [9.17, 15) is 0 Å². The van der Waals surface area contributed by atoms with E-state index in [1.807, 2.05) is 12.1 Å². The average Bonchev–Trinajstić information content (AvgIpc) is 2.44. The molecule has 21 heavy (non-hydrogen) atoms. The Morgan fingerprint density at radius 2 is 1.95 bits per heavy atom. The molecular weight excluding hydrogens is 282 g/mol. The van der Waals surface area contributed by atoms with Crippen molar-refractivity contribution in [2.75, 3.05) is 26.7 Å². The lowest BCUT2D eigenvalue weighted by molar-refractivity contribution is 0.00957. The van der Waals surface area contributed by atoms with Gasteiger partial charge in [0.2, 0.25) is 0 Å². The van der Waals surface area contributed by atoms with Crippen LogP contribution in [0.4, 0.5) is 0 Å². The smallest absolute Gasteiger partial charge is 0.0515 e. The standard InChI is InChI=1S/C17H28ClN3/c1-5-15(19)16(13-8-6-7-9-14(13)18)21-11-10-20(4)17(2,3)12-21/h6-9,15-16H,5,10-12,19H2,1-4H3. The molecule has 4 heteroatoms. The van der Waals surface area contributed by atoms with Gasteiger partial charge < -0.3 is 5.73 Å². The Bertz CT molecular complexity index is 475. The van der Waals surface area contributed by atoms with E-state index in [1.54, 1.807) is 0 Å². The minimum atomic E-state index is 0.101. The summed E-state index contributed by atoms with van der Waals surface area (Å²) < 4.78 is 0. The molecule has 2 unspecified atom stereocenters. The van der Waals surface area contributed by atoms with Crippen LogP contribution in [0.1, 0.15) is 38.8 Å². The van der Waals surface area contributed by atoms with Crippen LogP contribution in [0.25, 0.3) is 0 Å². The van der Waals surface area contributed by atoms with E-state index in [1.165, 1.54) is 0 Å². The lowest BCUT2D eigenvalue weighted by Gasteiger charge is -2.49. The monoisotopic (exact) mass is 309 g/mol. The summed E-state index contributed by atoms with van der Waals surface area (Å²) in [6.07, 6.45) is 0.947. The predicted molar refractivity (Wildman–Crippen MR) is 90.7 cm³/mol. The molecule has 1 aliphatic rings. The van der Waals surface area contributed by atoms with Crippen molar-refractivity contribution in [1.29, 1.82) is 0 Å². The van der Waals surface area contributed by atoms with Gasteiger partial charge in [0.15, 0.2) is 0 Å². The van der Waals surface area contributed by atoms with Crippen LogP contribution in [0.5, 0.6) is 0 Å². The van der Waals surface area contributed by atoms with Crippen LogP contribution in [0.3, 0.4) is 0 Å². The SMILES string of the molecule is CCC(N)C(c1ccccc1Cl)N1CCN(C)C(C)(C)C1. The maximum Gasteiger partial charge on any atom is 0.0515 e. The molecule has 0 aromatic heterocycles. The van der Waals surface area contributed by atoms with Crippen LogP contribution in [0.15, 0.2) is 24.3 Å². The van der Waals surface area contributed by atoms with Gasteiger partial charge in [0.25, 0.3) is 0 Å². The van der Waals surface area contributed by atoms with Crippen LogP contribution >= 0.6 is 11.6 Å². The molecule has 1 saturated heterocycles. The second kappa shape index (κ2) is 6.66. The van der Waals surface area contributed by atoms with Crippen LogP contribution in [-0.4, -0.2) is 48.1 Å². The van der Waals surface area contributed by atoms with E-state index in [4.69, 9.17) is 17.3 Å². The molecule has 0 amide bonds. The lowest BCUT2D eigenvalue weighted by Crippen LogP contribution is -2.59. The first-order chi connectivity index (χ1) is 9.86. The molecule has 2 atom stereocenters. The van der Waals surface area contributed by atoms with Crippen molar-refractivity contribution in [3.05, 3.63) is 34.9 Å². The fourth-order valence-electron chi connectivity index (χ4n) is 3.15. The summed E-state index contributed by atoms with van der Waals surface area (Å²) in [6, 6.07) is 8.41. The van der Waals surface area contributed by atoms with Crippen LogP contribution in [0.2, 0.25) is 5.02 Å². The number of halogens is 1. The Kier molecular flexibility index (Phi) is 5.31. The molecule has 1 aliphatic heterocycles. The first kappa shape index (κ1) is 16.8. The van der Waals surface area contributed by atoms with Crippen molar-refractivity contribution < 1.29 is 0 Å². The zero-order chi connectivity index (χ0) is 15.6. The third-order valence-corrected chi connectivity index (χ3v) is 5.18. The normalized spacial score (nSPS) is 23.0. The van der Waals surface area contributed by atoms with Gasteiger partial charge >= 0.3 is 0 Å². The molecule has 1 aromatic rings. The Morgan fingerprint density at radius 1 is 1.29 bits per heavy atom. The summed E-state index contributed by atoms with van der Waals surface area (Å²) in [6.45, 7) is 9.83. The fourth-order valence-corrected chi connectivity index (χ4v) is 3.40. The quantitative estimate of drug-likeness (QED) is 0.927. The molecule has 0 radical (unpaired) electrons. The van der Waals surface area contributed by atoms with Crippen molar-refractivity contribution >= 4 is 11.6 Å². The first-order valence-electron chi connectivity index (χ1n) is 7.82. The van der Waals surface area contributed by atoms with Crippen LogP contribution in [-0.2, 0) is 0 Å². The van der Waals surface area contributed by atoms with Crippen LogP contribution < -0.4 is 5.73 Å². The minimum absolute atomic E-state index is 0.101. The van der Waals surface area contributed by atoms with Gasteiger partial charge in [0, 0.05) is 36.2 Å². The molecule has 2 rings (SSSR count). The maximum atomic E-state index is 6.46. The van der Waals surface area contributed by atoms with E-state index in [-0.39, 0.29) is 17.6 Å². The highest BCUT2D eigenvalue weighted by Crippen LogP contribution is 2.33. The van der Waals surface area contributed by atoms with E-state index in [0.717, 1.165) is 36.6 Å². The minimum Gasteiger partial charge on any atom is -0.326 e. The van der Waals surface area contributed by atoms with Crippen LogP contribution in [0, 0.1) is 0 Å². The van der Waals surface area contributed by atoms with E-state index >= 15 is 0 Å². The zero-order valence-corrected chi connectivity index (χ0v) is 14.4. The number of benzene rings is 1. The first-order valence-corrected chi connectivity index (χ1v) is 8.20. The van der Waals surface area contributed by atoms with Crippen molar-refractivity contribution in [3.8, 4) is 0 Å². The number of piperazine rings is 1. The summed E-state index contributed by atoms with van der Waals surface area (Å²) in [5.74, 6) is 0. The predicted octanol–water partition coefficient (Wildman–Crippen LogP) is 3.14.